The molecule has 0 spiro atoms. The Morgan fingerprint density at radius 3 is 2.65 bits per heavy atom. The number of fused-ring (bicyclic) bond motifs is 1. The number of hydrogen-bond donors (Lipinski definition) is 1. The molecule has 0 bridgehead atoms. The molecule has 0 saturated heterocycles. The molecule has 2 aromatic carbocycles. The van der Waals surface area contributed by atoms with Crippen molar-refractivity contribution >= 4 is 16.9 Å². The van der Waals surface area contributed by atoms with E-state index in [1.165, 1.54) is 0 Å². The Morgan fingerprint density at radius 2 is 1.88 bits per heavy atom. The highest BCUT2D eigenvalue weighted by Gasteiger charge is 2.24. The van der Waals surface area contributed by atoms with E-state index in [1.54, 1.807) is 0 Å². The minimum atomic E-state index is -0.359. The quantitative estimate of drug-likeness (QED) is 0.856. The molecule has 1 amide bonds. The van der Waals surface area contributed by atoms with Crippen LogP contribution in [0.2, 0.25) is 0 Å². The molecule has 3 heteroatoms. The number of carbonyl (C=O) groups is 1. The summed E-state index contributed by atoms with van der Waals surface area (Å²) in [7, 11) is 0. The van der Waals surface area contributed by atoms with Gasteiger partial charge in [-0.2, -0.15) is 0 Å². The molecule has 3 nitrogen and oxygen atoms in total. The van der Waals surface area contributed by atoms with Crippen molar-refractivity contribution in [3.05, 3.63) is 42.5 Å². The minimum absolute atomic E-state index is 0.322. The summed E-state index contributed by atoms with van der Waals surface area (Å²) in [5.41, 5.74) is 0. The second kappa shape index (κ2) is 4.09. The summed E-state index contributed by atoms with van der Waals surface area (Å²) in [6, 6.07) is 14.0. The van der Waals surface area contributed by atoms with E-state index in [1.807, 2.05) is 42.5 Å². The fourth-order valence-electron chi connectivity index (χ4n) is 1.76. The molecular weight excluding hydrogens is 214 g/mol. The average molecular weight is 227 g/mol. The fourth-order valence-corrected chi connectivity index (χ4v) is 1.76. The van der Waals surface area contributed by atoms with Crippen LogP contribution < -0.4 is 10.1 Å². The molecular formula is C14H13NO2. The maximum atomic E-state index is 11.5. The topological polar surface area (TPSA) is 38.3 Å². The zero-order valence-electron chi connectivity index (χ0n) is 9.35. The summed E-state index contributed by atoms with van der Waals surface area (Å²) in [6.07, 6.45) is 1.77. The Balaban J connectivity index is 1.77. The summed E-state index contributed by atoms with van der Waals surface area (Å²) in [5, 5.41) is 5.00. The molecule has 0 aromatic heterocycles. The van der Waals surface area contributed by atoms with Gasteiger partial charge in [0.05, 0.1) is 0 Å². The maximum Gasteiger partial charge on any atom is 0.412 e. The van der Waals surface area contributed by atoms with E-state index < -0.39 is 0 Å². The largest absolute Gasteiger partial charge is 0.412 e. The van der Waals surface area contributed by atoms with Crippen LogP contribution in [0.25, 0.3) is 10.8 Å². The van der Waals surface area contributed by atoms with Gasteiger partial charge >= 0.3 is 6.09 Å². The maximum absolute atomic E-state index is 11.5. The van der Waals surface area contributed by atoms with Crippen molar-refractivity contribution in [1.82, 2.24) is 5.32 Å². The molecule has 0 aliphatic heterocycles. The molecule has 86 valence electrons. The van der Waals surface area contributed by atoms with Crippen molar-refractivity contribution in [2.24, 2.45) is 0 Å². The third-order valence-corrected chi connectivity index (χ3v) is 2.83. The summed E-state index contributed by atoms with van der Waals surface area (Å²) in [5.74, 6) is 0.585. The van der Waals surface area contributed by atoms with E-state index in [0.717, 1.165) is 23.6 Å². The first-order valence-electron chi connectivity index (χ1n) is 5.78. The lowest BCUT2D eigenvalue weighted by Gasteiger charge is -2.06. The van der Waals surface area contributed by atoms with Crippen LogP contribution in [0.1, 0.15) is 12.8 Å². The molecule has 3 rings (SSSR count). The zero-order valence-corrected chi connectivity index (χ0v) is 9.35. The molecule has 0 atom stereocenters. The van der Waals surface area contributed by atoms with Gasteiger partial charge in [0.25, 0.3) is 0 Å². The monoisotopic (exact) mass is 227 g/mol. The normalized spacial score (nSPS) is 14.6. The van der Waals surface area contributed by atoms with Crippen molar-refractivity contribution in [3.63, 3.8) is 0 Å². The Kier molecular flexibility index (Phi) is 2.44. The van der Waals surface area contributed by atoms with Gasteiger partial charge in [-0.05, 0) is 35.7 Å². The molecule has 1 N–H and O–H groups in total. The van der Waals surface area contributed by atoms with E-state index in [-0.39, 0.29) is 6.09 Å². The summed E-state index contributed by atoms with van der Waals surface area (Å²) in [6.45, 7) is 0. The first-order chi connectivity index (χ1) is 8.31. The van der Waals surface area contributed by atoms with Crippen LogP contribution in [0.5, 0.6) is 5.75 Å². The smallest absolute Gasteiger partial charge is 0.410 e. The summed E-state index contributed by atoms with van der Waals surface area (Å²) >= 11 is 0. The van der Waals surface area contributed by atoms with Crippen LogP contribution in [0, 0.1) is 0 Å². The zero-order chi connectivity index (χ0) is 11.7. The highest BCUT2D eigenvalue weighted by Crippen LogP contribution is 2.22. The molecule has 1 saturated carbocycles. The van der Waals surface area contributed by atoms with Crippen LogP contribution in [0.4, 0.5) is 4.79 Å². The van der Waals surface area contributed by atoms with Gasteiger partial charge in [0.1, 0.15) is 5.75 Å². The van der Waals surface area contributed by atoms with Gasteiger partial charge in [0.2, 0.25) is 0 Å². The van der Waals surface area contributed by atoms with Crippen LogP contribution >= 0.6 is 0 Å². The van der Waals surface area contributed by atoms with E-state index in [2.05, 4.69) is 5.32 Å². The Morgan fingerprint density at radius 1 is 1.12 bits per heavy atom. The minimum Gasteiger partial charge on any atom is -0.410 e. The molecule has 0 radical (unpaired) electrons. The Hall–Kier alpha value is -2.03. The first kappa shape index (κ1) is 10.1. The number of benzene rings is 2. The van der Waals surface area contributed by atoms with Gasteiger partial charge in [0, 0.05) is 6.04 Å². The van der Waals surface area contributed by atoms with Crippen molar-refractivity contribution in [1.29, 1.82) is 0 Å². The molecule has 2 aromatic rings. The molecule has 0 heterocycles. The molecule has 0 unspecified atom stereocenters. The first-order valence-corrected chi connectivity index (χ1v) is 5.78. The fraction of sp³-hybridized carbons (Fsp3) is 0.214. The van der Waals surface area contributed by atoms with E-state index in [9.17, 15) is 4.79 Å². The van der Waals surface area contributed by atoms with Crippen molar-refractivity contribution in [3.8, 4) is 5.75 Å². The van der Waals surface area contributed by atoms with Crippen LogP contribution in [-0.2, 0) is 0 Å². The average Bonchev–Trinajstić information content (AvgIpc) is 3.12. The van der Waals surface area contributed by atoms with E-state index in [4.69, 9.17) is 4.74 Å². The summed E-state index contributed by atoms with van der Waals surface area (Å²) < 4.78 is 5.22. The number of nitrogens with one attached hydrogen (secondary N) is 1. The molecule has 1 aliphatic carbocycles. The van der Waals surface area contributed by atoms with Gasteiger partial charge in [-0.1, -0.05) is 30.3 Å². The predicted octanol–water partition coefficient (Wildman–Crippen LogP) is 3.09. The third-order valence-electron chi connectivity index (χ3n) is 2.83. The highest BCUT2D eigenvalue weighted by atomic mass is 16.6. The van der Waals surface area contributed by atoms with Gasteiger partial charge < -0.3 is 10.1 Å². The Labute approximate surface area is 99.4 Å². The van der Waals surface area contributed by atoms with Gasteiger partial charge in [-0.15, -0.1) is 0 Å². The highest BCUT2D eigenvalue weighted by molar-refractivity contribution is 5.84. The number of carbonyl (C=O) groups excluding carboxylic acids is 1. The third kappa shape index (κ3) is 2.38. The number of ether oxygens (including phenoxy) is 1. The molecule has 1 aliphatic rings. The lowest BCUT2D eigenvalue weighted by Crippen LogP contribution is -2.28. The second-order valence-corrected chi connectivity index (χ2v) is 4.32. The van der Waals surface area contributed by atoms with Crippen LogP contribution in [-0.4, -0.2) is 12.1 Å². The number of rotatable bonds is 2. The van der Waals surface area contributed by atoms with Gasteiger partial charge in [-0.3, -0.25) is 0 Å². The van der Waals surface area contributed by atoms with Crippen LogP contribution in [0.3, 0.4) is 0 Å². The van der Waals surface area contributed by atoms with E-state index in [0.29, 0.717) is 11.8 Å². The molecule has 17 heavy (non-hydrogen) atoms. The standard InChI is InChI=1S/C14H13NO2/c16-14(15-12-6-7-12)17-13-8-5-10-3-1-2-4-11(10)9-13/h1-5,8-9,12H,6-7H2,(H,15,16). The number of hydrogen-bond acceptors (Lipinski definition) is 2. The van der Waals surface area contributed by atoms with Crippen LogP contribution in [0.15, 0.2) is 42.5 Å². The van der Waals surface area contributed by atoms with Gasteiger partial charge in [0.15, 0.2) is 0 Å². The SMILES string of the molecule is O=C(NC1CC1)Oc1ccc2ccccc2c1. The van der Waals surface area contributed by atoms with Gasteiger partial charge in [-0.25, -0.2) is 4.79 Å². The summed E-state index contributed by atoms with van der Waals surface area (Å²) in [4.78, 5) is 11.5. The lowest BCUT2D eigenvalue weighted by molar-refractivity contribution is 0.200. The Bertz CT molecular complexity index is 561. The second-order valence-electron chi connectivity index (χ2n) is 4.32. The predicted molar refractivity (Wildman–Crippen MR) is 66.1 cm³/mol. The number of amides is 1. The van der Waals surface area contributed by atoms with Crippen molar-refractivity contribution < 1.29 is 9.53 Å². The lowest BCUT2D eigenvalue weighted by atomic mass is 10.1. The van der Waals surface area contributed by atoms with Crippen molar-refractivity contribution in [2.45, 2.75) is 18.9 Å². The molecule has 1 fully saturated rings. The van der Waals surface area contributed by atoms with E-state index >= 15 is 0 Å². The van der Waals surface area contributed by atoms with Crippen molar-refractivity contribution in [2.75, 3.05) is 0 Å².